The molecule has 1 heterocycles. The van der Waals surface area contributed by atoms with Crippen LogP contribution in [0.2, 0.25) is 0 Å². The fourth-order valence-corrected chi connectivity index (χ4v) is 2.28. The molecular formula is C13H20N2. The van der Waals surface area contributed by atoms with E-state index in [1.165, 1.54) is 17.7 Å². The SMILES string of the molecule is Cc1ccc(N2CCC(C)(C)C2)c(N)c1. The van der Waals surface area contributed by atoms with E-state index in [9.17, 15) is 0 Å². The van der Waals surface area contributed by atoms with Gasteiger partial charge < -0.3 is 10.6 Å². The molecule has 1 fully saturated rings. The van der Waals surface area contributed by atoms with Gasteiger partial charge >= 0.3 is 0 Å². The maximum absolute atomic E-state index is 6.05. The number of rotatable bonds is 1. The summed E-state index contributed by atoms with van der Waals surface area (Å²) in [6.07, 6.45) is 1.25. The van der Waals surface area contributed by atoms with Crippen LogP contribution in [0.3, 0.4) is 0 Å². The average Bonchev–Trinajstić information content (AvgIpc) is 2.46. The molecule has 1 aromatic carbocycles. The van der Waals surface area contributed by atoms with E-state index in [0.29, 0.717) is 5.41 Å². The van der Waals surface area contributed by atoms with Crippen LogP contribution in [0.15, 0.2) is 18.2 Å². The number of nitrogens with two attached hydrogens (primary N) is 1. The lowest BCUT2D eigenvalue weighted by atomic mass is 9.93. The number of aryl methyl sites for hydroxylation is 1. The van der Waals surface area contributed by atoms with Gasteiger partial charge in [-0.2, -0.15) is 0 Å². The third-order valence-electron chi connectivity index (χ3n) is 3.20. The molecular weight excluding hydrogens is 184 g/mol. The molecule has 2 rings (SSSR count). The van der Waals surface area contributed by atoms with Gasteiger partial charge in [0, 0.05) is 13.1 Å². The molecule has 1 aliphatic heterocycles. The Morgan fingerprint density at radius 1 is 1.33 bits per heavy atom. The fourth-order valence-electron chi connectivity index (χ4n) is 2.28. The highest BCUT2D eigenvalue weighted by Crippen LogP contribution is 2.35. The molecule has 15 heavy (non-hydrogen) atoms. The minimum absolute atomic E-state index is 0.428. The molecule has 0 bridgehead atoms. The Hall–Kier alpha value is -1.18. The van der Waals surface area contributed by atoms with Gasteiger partial charge in [0.15, 0.2) is 0 Å². The van der Waals surface area contributed by atoms with Crippen molar-refractivity contribution in [3.05, 3.63) is 23.8 Å². The largest absolute Gasteiger partial charge is 0.397 e. The topological polar surface area (TPSA) is 29.3 Å². The summed E-state index contributed by atoms with van der Waals surface area (Å²) in [5, 5.41) is 0. The van der Waals surface area contributed by atoms with Crippen LogP contribution in [0.25, 0.3) is 0 Å². The van der Waals surface area contributed by atoms with Crippen LogP contribution in [-0.4, -0.2) is 13.1 Å². The molecule has 0 aromatic heterocycles. The van der Waals surface area contributed by atoms with Gasteiger partial charge in [-0.1, -0.05) is 19.9 Å². The Bertz CT molecular complexity index is 369. The molecule has 1 aliphatic rings. The first-order valence-corrected chi connectivity index (χ1v) is 5.59. The molecule has 0 amide bonds. The number of hydrogen-bond acceptors (Lipinski definition) is 2. The maximum atomic E-state index is 6.05. The third kappa shape index (κ3) is 2.09. The van der Waals surface area contributed by atoms with Gasteiger partial charge in [0.1, 0.15) is 0 Å². The van der Waals surface area contributed by atoms with Gasteiger partial charge in [0.05, 0.1) is 11.4 Å². The summed E-state index contributed by atoms with van der Waals surface area (Å²) >= 11 is 0. The second-order valence-corrected chi connectivity index (χ2v) is 5.40. The smallest absolute Gasteiger partial charge is 0.0600 e. The predicted molar refractivity (Wildman–Crippen MR) is 66.2 cm³/mol. The van der Waals surface area contributed by atoms with E-state index in [4.69, 9.17) is 5.73 Å². The summed E-state index contributed by atoms with van der Waals surface area (Å²) in [5.41, 5.74) is 9.82. The van der Waals surface area contributed by atoms with Crippen molar-refractivity contribution >= 4 is 11.4 Å². The van der Waals surface area contributed by atoms with Crippen LogP contribution in [-0.2, 0) is 0 Å². The number of hydrogen-bond donors (Lipinski definition) is 1. The zero-order valence-electron chi connectivity index (χ0n) is 9.88. The summed E-state index contributed by atoms with van der Waals surface area (Å²) in [7, 11) is 0. The number of nitrogens with zero attached hydrogens (tertiary/aromatic N) is 1. The molecule has 0 saturated carbocycles. The van der Waals surface area contributed by atoms with Gasteiger partial charge in [0.25, 0.3) is 0 Å². The lowest BCUT2D eigenvalue weighted by Gasteiger charge is -2.23. The first-order valence-electron chi connectivity index (χ1n) is 5.59. The Kier molecular flexibility index (Phi) is 2.37. The molecule has 0 unspecified atom stereocenters. The minimum atomic E-state index is 0.428. The normalized spacial score (nSPS) is 19.5. The van der Waals surface area contributed by atoms with E-state index in [0.717, 1.165) is 18.8 Å². The Morgan fingerprint density at radius 3 is 2.60 bits per heavy atom. The van der Waals surface area contributed by atoms with Gasteiger partial charge in [-0.3, -0.25) is 0 Å². The zero-order valence-corrected chi connectivity index (χ0v) is 9.88. The van der Waals surface area contributed by atoms with Crippen molar-refractivity contribution < 1.29 is 0 Å². The lowest BCUT2D eigenvalue weighted by Crippen LogP contribution is -2.23. The first-order chi connectivity index (χ1) is 6.98. The van der Waals surface area contributed by atoms with Crippen LogP contribution < -0.4 is 10.6 Å². The molecule has 0 spiro atoms. The van der Waals surface area contributed by atoms with Crippen molar-refractivity contribution in [2.45, 2.75) is 27.2 Å². The molecule has 2 nitrogen and oxygen atoms in total. The lowest BCUT2D eigenvalue weighted by molar-refractivity contribution is 0.418. The minimum Gasteiger partial charge on any atom is -0.397 e. The van der Waals surface area contributed by atoms with Gasteiger partial charge in [0.2, 0.25) is 0 Å². The highest BCUT2D eigenvalue weighted by atomic mass is 15.2. The fraction of sp³-hybridized carbons (Fsp3) is 0.538. The molecule has 2 heteroatoms. The van der Waals surface area contributed by atoms with E-state index in [2.05, 4.69) is 43.9 Å². The Labute approximate surface area is 92.1 Å². The van der Waals surface area contributed by atoms with Crippen LogP contribution in [0.4, 0.5) is 11.4 Å². The molecule has 0 aliphatic carbocycles. The molecule has 82 valence electrons. The van der Waals surface area contributed by atoms with E-state index in [-0.39, 0.29) is 0 Å². The van der Waals surface area contributed by atoms with Crippen LogP contribution >= 0.6 is 0 Å². The monoisotopic (exact) mass is 204 g/mol. The maximum Gasteiger partial charge on any atom is 0.0600 e. The molecule has 2 N–H and O–H groups in total. The highest BCUT2D eigenvalue weighted by Gasteiger charge is 2.29. The molecule has 0 atom stereocenters. The quantitative estimate of drug-likeness (QED) is 0.713. The average molecular weight is 204 g/mol. The van der Waals surface area contributed by atoms with Gasteiger partial charge in [-0.25, -0.2) is 0 Å². The van der Waals surface area contributed by atoms with Crippen molar-refractivity contribution in [2.24, 2.45) is 5.41 Å². The highest BCUT2D eigenvalue weighted by molar-refractivity contribution is 5.68. The summed E-state index contributed by atoms with van der Waals surface area (Å²) in [5.74, 6) is 0. The summed E-state index contributed by atoms with van der Waals surface area (Å²) in [4.78, 5) is 2.40. The third-order valence-corrected chi connectivity index (χ3v) is 3.20. The Morgan fingerprint density at radius 2 is 2.07 bits per heavy atom. The summed E-state index contributed by atoms with van der Waals surface area (Å²) < 4.78 is 0. The first kappa shape index (κ1) is 10.3. The molecule has 0 radical (unpaired) electrons. The number of nitrogen functional groups attached to an aromatic ring is 1. The van der Waals surface area contributed by atoms with Crippen molar-refractivity contribution in [3.63, 3.8) is 0 Å². The second kappa shape index (κ2) is 3.44. The van der Waals surface area contributed by atoms with Crippen LogP contribution in [0, 0.1) is 12.3 Å². The van der Waals surface area contributed by atoms with E-state index < -0.39 is 0 Å². The zero-order chi connectivity index (χ0) is 11.1. The van der Waals surface area contributed by atoms with E-state index >= 15 is 0 Å². The van der Waals surface area contributed by atoms with Gasteiger partial charge in [-0.05, 0) is 36.5 Å². The van der Waals surface area contributed by atoms with Crippen molar-refractivity contribution in [2.75, 3.05) is 23.7 Å². The number of anilines is 2. The van der Waals surface area contributed by atoms with E-state index in [1.54, 1.807) is 0 Å². The summed E-state index contributed by atoms with van der Waals surface area (Å²) in [6, 6.07) is 6.34. The standard InChI is InChI=1S/C13H20N2/c1-10-4-5-12(11(14)8-10)15-7-6-13(2,3)9-15/h4-5,8H,6-7,9,14H2,1-3H3. The summed E-state index contributed by atoms with van der Waals surface area (Å²) in [6.45, 7) is 8.95. The number of benzene rings is 1. The molecule has 1 aromatic rings. The van der Waals surface area contributed by atoms with Crippen molar-refractivity contribution in [1.82, 2.24) is 0 Å². The predicted octanol–water partition coefficient (Wildman–Crippen LogP) is 2.81. The van der Waals surface area contributed by atoms with Crippen LogP contribution in [0.1, 0.15) is 25.8 Å². The second-order valence-electron chi connectivity index (χ2n) is 5.40. The molecule has 1 saturated heterocycles. The van der Waals surface area contributed by atoms with Gasteiger partial charge in [-0.15, -0.1) is 0 Å². The van der Waals surface area contributed by atoms with Crippen molar-refractivity contribution in [3.8, 4) is 0 Å². The van der Waals surface area contributed by atoms with Crippen molar-refractivity contribution in [1.29, 1.82) is 0 Å². The van der Waals surface area contributed by atoms with E-state index in [1.807, 2.05) is 0 Å². The Balaban J connectivity index is 2.24. The van der Waals surface area contributed by atoms with Crippen LogP contribution in [0.5, 0.6) is 0 Å².